The van der Waals surface area contributed by atoms with Crippen LogP contribution in [0.25, 0.3) is 22.4 Å². The summed E-state index contributed by atoms with van der Waals surface area (Å²) >= 11 is 0. The number of carboxylic acids is 1. The average Bonchev–Trinajstić information content (AvgIpc) is 2.98. The monoisotopic (exact) mass is 384 g/mol. The predicted octanol–water partition coefficient (Wildman–Crippen LogP) is 1.44. The molecule has 1 atom stereocenters. The van der Waals surface area contributed by atoms with Crippen LogP contribution < -0.4 is 10.9 Å². The molecule has 8 nitrogen and oxygen atoms in total. The van der Waals surface area contributed by atoms with Crippen molar-refractivity contribution in [1.29, 1.82) is 0 Å². The van der Waals surface area contributed by atoms with Crippen LogP contribution in [0.3, 0.4) is 0 Å². The van der Waals surface area contributed by atoms with Gasteiger partial charge in [-0.25, -0.2) is 4.98 Å². The van der Waals surface area contributed by atoms with E-state index in [4.69, 9.17) is 9.72 Å². The number of aromatic nitrogens is 3. The molecule has 0 aliphatic rings. The van der Waals surface area contributed by atoms with E-state index in [1.54, 1.807) is 24.7 Å². The Balaban J connectivity index is 1.92. The lowest BCUT2D eigenvalue weighted by atomic mass is 10.2. The molecule has 0 aliphatic heterocycles. The highest BCUT2D eigenvalue weighted by molar-refractivity contribution is 5.81. The summed E-state index contributed by atoms with van der Waals surface area (Å²) < 4.78 is 8.48. The lowest BCUT2D eigenvalue weighted by molar-refractivity contribution is -0.140. The highest BCUT2D eigenvalue weighted by atomic mass is 16.5. The molecule has 2 aromatic heterocycles. The zero-order valence-electron chi connectivity index (χ0n) is 16.4. The minimum absolute atomic E-state index is 0.0279. The maximum atomic E-state index is 12.0. The molecule has 0 amide bonds. The molecule has 28 heavy (non-hydrogen) atoms. The number of benzene rings is 1. The van der Waals surface area contributed by atoms with Crippen molar-refractivity contribution >= 4 is 17.0 Å². The molecule has 0 aliphatic carbocycles. The van der Waals surface area contributed by atoms with Crippen molar-refractivity contribution < 1.29 is 14.6 Å². The van der Waals surface area contributed by atoms with Crippen molar-refractivity contribution in [3.63, 3.8) is 0 Å². The smallest absolute Gasteiger partial charge is 0.323 e. The van der Waals surface area contributed by atoms with E-state index in [-0.39, 0.29) is 12.2 Å². The van der Waals surface area contributed by atoms with Gasteiger partial charge < -0.3 is 19.0 Å². The second-order valence-electron chi connectivity index (χ2n) is 6.87. The molecule has 0 radical (unpaired) electrons. The molecule has 0 unspecified atom stereocenters. The number of carbonyl (C=O) groups is 1. The van der Waals surface area contributed by atoms with E-state index in [9.17, 15) is 14.7 Å². The van der Waals surface area contributed by atoms with Crippen molar-refractivity contribution in [2.75, 3.05) is 13.7 Å². The van der Waals surface area contributed by atoms with Crippen molar-refractivity contribution in [1.82, 2.24) is 19.4 Å². The highest BCUT2D eigenvalue weighted by Gasteiger charge is 2.17. The maximum Gasteiger partial charge on any atom is 0.323 e. The number of aryl methyl sites for hydroxylation is 3. The van der Waals surface area contributed by atoms with Crippen LogP contribution >= 0.6 is 0 Å². The Morgan fingerprint density at radius 2 is 2.07 bits per heavy atom. The normalized spacial score (nSPS) is 12.4. The van der Waals surface area contributed by atoms with E-state index < -0.39 is 12.0 Å². The van der Waals surface area contributed by atoms with Crippen molar-refractivity contribution in [2.45, 2.75) is 19.5 Å². The predicted molar refractivity (Wildman–Crippen MR) is 106 cm³/mol. The maximum absolute atomic E-state index is 12.0. The fraction of sp³-hybridized carbons (Fsp3) is 0.350. The van der Waals surface area contributed by atoms with Crippen molar-refractivity contribution in [3.8, 4) is 11.4 Å². The summed E-state index contributed by atoms with van der Waals surface area (Å²) in [4.78, 5) is 27.9. The van der Waals surface area contributed by atoms with Gasteiger partial charge in [0.05, 0.1) is 17.6 Å². The summed E-state index contributed by atoms with van der Waals surface area (Å²) in [6, 6.07) is 6.91. The molecule has 2 N–H and O–H groups in total. The topological polar surface area (TPSA) is 98.4 Å². The van der Waals surface area contributed by atoms with Crippen LogP contribution in [0.2, 0.25) is 0 Å². The third-order valence-electron chi connectivity index (χ3n) is 4.75. The fourth-order valence-corrected chi connectivity index (χ4v) is 3.24. The van der Waals surface area contributed by atoms with Gasteiger partial charge in [-0.05, 0) is 30.7 Å². The first-order chi connectivity index (χ1) is 13.3. The Kier molecular flexibility index (Phi) is 5.62. The van der Waals surface area contributed by atoms with Gasteiger partial charge in [0.1, 0.15) is 11.9 Å². The van der Waals surface area contributed by atoms with E-state index in [2.05, 4.69) is 5.32 Å². The Morgan fingerprint density at radius 1 is 1.32 bits per heavy atom. The summed E-state index contributed by atoms with van der Waals surface area (Å²) in [5, 5.41) is 12.2. The number of methoxy groups -OCH3 is 1. The molecule has 0 spiro atoms. The quantitative estimate of drug-likeness (QED) is 0.640. The number of imidazole rings is 1. The molecular formula is C20H24N4O4. The van der Waals surface area contributed by atoms with Gasteiger partial charge in [0.25, 0.3) is 5.56 Å². The lowest BCUT2D eigenvalue weighted by Gasteiger charge is -2.13. The number of rotatable bonds is 7. The number of pyridine rings is 1. The molecule has 1 aromatic carbocycles. The molecule has 148 valence electrons. The van der Waals surface area contributed by atoms with Crippen LogP contribution in [0, 0.1) is 6.92 Å². The molecule has 0 bridgehead atoms. The number of ether oxygens (including phenoxy) is 1. The second kappa shape index (κ2) is 7.95. The van der Waals surface area contributed by atoms with Crippen LogP contribution in [0.15, 0.2) is 35.3 Å². The van der Waals surface area contributed by atoms with Gasteiger partial charge in [-0.3, -0.25) is 14.9 Å². The number of hydrogen-bond donors (Lipinski definition) is 2. The Bertz CT molecular complexity index is 1060. The van der Waals surface area contributed by atoms with Gasteiger partial charge in [-0.1, -0.05) is 6.07 Å². The van der Waals surface area contributed by atoms with Crippen LogP contribution in [0.1, 0.15) is 11.1 Å². The van der Waals surface area contributed by atoms with E-state index in [0.717, 1.165) is 28.0 Å². The fourth-order valence-electron chi connectivity index (χ4n) is 3.24. The SMILES string of the molecule is COC[C@H](NCc1ccc2c(c1)nc(-c1cc(C)c(=O)n(C)c1)n2C)C(=O)O. The van der Waals surface area contributed by atoms with Gasteiger partial charge in [-0.15, -0.1) is 0 Å². The standard InChI is InChI=1S/C20H24N4O4/c1-12-7-14(10-23(2)19(12)25)18-22-15-8-13(5-6-17(15)24(18)3)9-21-16(11-28-4)20(26)27/h5-8,10,16,21H,9,11H2,1-4H3,(H,26,27)/t16-/m0/s1. The zero-order chi connectivity index (χ0) is 20.4. The van der Waals surface area contributed by atoms with Crippen LogP contribution in [0.5, 0.6) is 0 Å². The summed E-state index contributed by atoms with van der Waals surface area (Å²) in [5.74, 6) is -0.185. The Hall–Kier alpha value is -2.97. The van der Waals surface area contributed by atoms with Crippen molar-refractivity contribution in [2.24, 2.45) is 14.1 Å². The first kappa shape index (κ1) is 19.8. The number of carboxylic acid groups (broad SMARTS) is 1. The number of nitrogens with one attached hydrogen (secondary N) is 1. The molecular weight excluding hydrogens is 360 g/mol. The molecule has 0 saturated heterocycles. The third kappa shape index (κ3) is 3.83. The second-order valence-corrected chi connectivity index (χ2v) is 6.87. The van der Waals surface area contributed by atoms with Crippen LogP contribution in [-0.2, 0) is 30.2 Å². The van der Waals surface area contributed by atoms with E-state index >= 15 is 0 Å². The molecule has 0 fully saturated rings. The summed E-state index contributed by atoms with van der Waals surface area (Å²) in [6.45, 7) is 2.27. The molecule has 0 saturated carbocycles. The highest BCUT2D eigenvalue weighted by Crippen LogP contribution is 2.24. The van der Waals surface area contributed by atoms with E-state index in [1.165, 1.54) is 7.11 Å². The molecule has 3 aromatic rings. The lowest BCUT2D eigenvalue weighted by Crippen LogP contribution is -2.39. The van der Waals surface area contributed by atoms with Gasteiger partial charge in [0, 0.05) is 45.1 Å². The Labute approximate surface area is 162 Å². The van der Waals surface area contributed by atoms with Crippen molar-refractivity contribution in [3.05, 3.63) is 51.9 Å². The summed E-state index contributed by atoms with van der Waals surface area (Å²) in [7, 11) is 5.13. The molecule has 2 heterocycles. The number of fused-ring (bicyclic) bond motifs is 1. The first-order valence-electron chi connectivity index (χ1n) is 8.90. The summed E-state index contributed by atoms with van der Waals surface area (Å²) in [5.41, 5.74) is 4.19. The minimum Gasteiger partial charge on any atom is -0.480 e. The van der Waals surface area contributed by atoms with E-state index in [1.807, 2.05) is 35.9 Å². The first-order valence-corrected chi connectivity index (χ1v) is 8.90. The van der Waals surface area contributed by atoms with Gasteiger partial charge in [-0.2, -0.15) is 0 Å². The van der Waals surface area contributed by atoms with E-state index in [0.29, 0.717) is 12.1 Å². The molecule has 3 rings (SSSR count). The third-order valence-corrected chi connectivity index (χ3v) is 4.75. The number of nitrogens with zero attached hydrogens (tertiary/aromatic N) is 3. The van der Waals surface area contributed by atoms with Gasteiger partial charge in [0.15, 0.2) is 0 Å². The largest absolute Gasteiger partial charge is 0.480 e. The van der Waals surface area contributed by atoms with Crippen LogP contribution in [0.4, 0.5) is 0 Å². The van der Waals surface area contributed by atoms with Crippen LogP contribution in [-0.4, -0.2) is 45.0 Å². The number of aliphatic carboxylic acids is 1. The number of hydrogen-bond acceptors (Lipinski definition) is 5. The summed E-state index contributed by atoms with van der Waals surface area (Å²) in [6.07, 6.45) is 1.78. The van der Waals surface area contributed by atoms with Gasteiger partial charge in [0.2, 0.25) is 0 Å². The Morgan fingerprint density at radius 3 is 2.71 bits per heavy atom. The minimum atomic E-state index is -0.951. The zero-order valence-corrected chi connectivity index (χ0v) is 16.4. The van der Waals surface area contributed by atoms with Gasteiger partial charge >= 0.3 is 5.97 Å². The average molecular weight is 384 g/mol. The molecule has 8 heteroatoms.